The molecule has 0 amide bonds. The van der Waals surface area contributed by atoms with Gasteiger partial charge in [0.05, 0.1) is 4.90 Å². The first-order chi connectivity index (χ1) is 15.3. The molecule has 0 aliphatic heterocycles. The van der Waals surface area contributed by atoms with Gasteiger partial charge in [0.2, 0.25) is 10.0 Å². The molecule has 7 heteroatoms. The van der Waals surface area contributed by atoms with Crippen molar-refractivity contribution in [3.63, 3.8) is 0 Å². The van der Waals surface area contributed by atoms with E-state index in [1.807, 2.05) is 43.3 Å². The Morgan fingerprint density at radius 3 is 2.56 bits per heavy atom. The Hall–Kier alpha value is -3.16. The van der Waals surface area contributed by atoms with Crippen molar-refractivity contribution in [1.29, 1.82) is 0 Å². The van der Waals surface area contributed by atoms with Crippen LogP contribution in [0.4, 0.5) is 0 Å². The van der Waals surface area contributed by atoms with Crippen LogP contribution in [0.15, 0.2) is 71.6 Å². The van der Waals surface area contributed by atoms with Crippen molar-refractivity contribution in [2.75, 3.05) is 6.61 Å². The Kier molecular flexibility index (Phi) is 6.30. The van der Waals surface area contributed by atoms with Crippen LogP contribution in [0.3, 0.4) is 0 Å². The maximum atomic E-state index is 13.2. The molecule has 3 aromatic carbocycles. The van der Waals surface area contributed by atoms with Crippen molar-refractivity contribution in [3.05, 3.63) is 83.4 Å². The average Bonchev–Trinajstić information content (AvgIpc) is 2.78. The summed E-state index contributed by atoms with van der Waals surface area (Å²) in [6, 6.07) is 19.8. The van der Waals surface area contributed by atoms with E-state index in [2.05, 4.69) is 4.72 Å². The molecule has 32 heavy (non-hydrogen) atoms. The van der Waals surface area contributed by atoms with E-state index in [1.165, 1.54) is 0 Å². The second-order valence-corrected chi connectivity index (χ2v) is 9.68. The van der Waals surface area contributed by atoms with E-state index >= 15 is 0 Å². The van der Waals surface area contributed by atoms with Gasteiger partial charge in [-0.05, 0) is 66.6 Å². The molecule has 0 aromatic heterocycles. The van der Waals surface area contributed by atoms with E-state index in [9.17, 15) is 13.2 Å². The number of aryl methyl sites for hydroxylation is 1. The van der Waals surface area contributed by atoms with Crippen molar-refractivity contribution in [1.82, 2.24) is 4.72 Å². The highest BCUT2D eigenvalue weighted by molar-refractivity contribution is 7.89. The summed E-state index contributed by atoms with van der Waals surface area (Å²) in [5, 5.41) is 8.91. The lowest BCUT2D eigenvalue weighted by atomic mass is 9.87. The molecular weight excluding hydrogens is 426 g/mol. The zero-order chi connectivity index (χ0) is 22.7. The molecule has 0 spiro atoms. The van der Waals surface area contributed by atoms with E-state index in [1.54, 1.807) is 30.3 Å². The molecule has 0 heterocycles. The minimum absolute atomic E-state index is 0.209. The molecular formula is C25H25NO5S. The predicted molar refractivity (Wildman–Crippen MR) is 122 cm³/mol. The topological polar surface area (TPSA) is 92.7 Å². The largest absolute Gasteiger partial charge is 0.482 e. The number of benzene rings is 3. The van der Waals surface area contributed by atoms with E-state index in [0.29, 0.717) is 18.6 Å². The second kappa shape index (κ2) is 9.14. The quantitative estimate of drug-likeness (QED) is 0.552. The first-order valence-electron chi connectivity index (χ1n) is 10.5. The molecule has 1 aliphatic carbocycles. The molecule has 6 nitrogen and oxygen atoms in total. The number of fused-ring (bicyclic) bond motifs is 1. The minimum Gasteiger partial charge on any atom is -0.482 e. The molecule has 0 saturated heterocycles. The van der Waals surface area contributed by atoms with Crippen LogP contribution in [0.1, 0.15) is 35.6 Å². The van der Waals surface area contributed by atoms with Crippen molar-refractivity contribution < 1.29 is 23.1 Å². The van der Waals surface area contributed by atoms with Gasteiger partial charge in [0.15, 0.2) is 6.61 Å². The Labute approximate surface area is 187 Å². The number of carboxylic acid groups (broad SMARTS) is 1. The van der Waals surface area contributed by atoms with Crippen LogP contribution in [0.2, 0.25) is 0 Å². The summed E-state index contributed by atoms with van der Waals surface area (Å²) >= 11 is 0. The second-order valence-electron chi connectivity index (χ2n) is 7.97. The summed E-state index contributed by atoms with van der Waals surface area (Å²) in [6.07, 6.45) is 2.15. The molecule has 4 rings (SSSR count). The summed E-state index contributed by atoms with van der Waals surface area (Å²) < 4.78 is 34.7. The highest BCUT2D eigenvalue weighted by Gasteiger charge is 2.27. The lowest BCUT2D eigenvalue weighted by Gasteiger charge is -2.27. The highest BCUT2D eigenvalue weighted by atomic mass is 32.2. The summed E-state index contributed by atoms with van der Waals surface area (Å²) in [5.74, 6) is -0.556. The molecule has 0 radical (unpaired) electrons. The molecule has 1 atom stereocenters. The molecule has 2 N–H and O–H groups in total. The average molecular weight is 452 g/mol. The monoisotopic (exact) mass is 451 g/mol. The van der Waals surface area contributed by atoms with Crippen LogP contribution in [0.25, 0.3) is 11.1 Å². The Bertz CT molecular complexity index is 1240. The van der Waals surface area contributed by atoms with Gasteiger partial charge < -0.3 is 9.84 Å². The van der Waals surface area contributed by atoms with Crippen molar-refractivity contribution >= 4 is 16.0 Å². The van der Waals surface area contributed by atoms with E-state index < -0.39 is 28.6 Å². The summed E-state index contributed by atoms with van der Waals surface area (Å²) in [7, 11) is -3.76. The fourth-order valence-corrected chi connectivity index (χ4v) is 5.35. The Morgan fingerprint density at radius 1 is 1.06 bits per heavy atom. The number of ether oxygens (including phenoxy) is 1. The lowest BCUT2D eigenvalue weighted by molar-refractivity contribution is -0.139. The van der Waals surface area contributed by atoms with Gasteiger partial charge in [-0.25, -0.2) is 17.9 Å². The fourth-order valence-electron chi connectivity index (χ4n) is 4.06. The molecule has 0 bridgehead atoms. The number of sulfonamides is 1. The van der Waals surface area contributed by atoms with Gasteiger partial charge in [-0.3, -0.25) is 0 Å². The molecule has 0 saturated carbocycles. The van der Waals surface area contributed by atoms with Gasteiger partial charge in [-0.15, -0.1) is 0 Å². The number of rotatable bonds is 7. The smallest absolute Gasteiger partial charge is 0.341 e. The Balaban J connectivity index is 1.60. The van der Waals surface area contributed by atoms with Gasteiger partial charge in [0.25, 0.3) is 0 Å². The predicted octanol–water partition coefficient (Wildman–Crippen LogP) is 4.48. The van der Waals surface area contributed by atoms with Crippen molar-refractivity contribution in [2.24, 2.45) is 0 Å². The molecule has 166 valence electrons. The van der Waals surface area contributed by atoms with Gasteiger partial charge in [-0.2, -0.15) is 0 Å². The summed E-state index contributed by atoms with van der Waals surface area (Å²) in [6.45, 7) is 1.58. The third-order valence-electron chi connectivity index (χ3n) is 5.64. The van der Waals surface area contributed by atoms with Crippen LogP contribution < -0.4 is 9.46 Å². The number of carbonyl (C=O) groups is 1. The number of carboxylic acids is 1. The van der Waals surface area contributed by atoms with Crippen molar-refractivity contribution in [3.8, 4) is 16.9 Å². The van der Waals surface area contributed by atoms with E-state index in [-0.39, 0.29) is 4.90 Å². The zero-order valence-corrected chi connectivity index (χ0v) is 18.6. The molecule has 1 aliphatic rings. The highest BCUT2D eigenvalue weighted by Crippen LogP contribution is 2.36. The normalized spacial score (nSPS) is 15.7. The van der Waals surface area contributed by atoms with Crippen LogP contribution in [0.5, 0.6) is 5.75 Å². The molecule has 0 unspecified atom stereocenters. The molecule has 0 fully saturated rings. The van der Waals surface area contributed by atoms with Gasteiger partial charge >= 0.3 is 5.97 Å². The van der Waals surface area contributed by atoms with E-state index in [0.717, 1.165) is 34.2 Å². The van der Waals surface area contributed by atoms with Crippen LogP contribution in [-0.4, -0.2) is 26.1 Å². The maximum absolute atomic E-state index is 13.2. The van der Waals surface area contributed by atoms with Crippen molar-refractivity contribution in [2.45, 2.75) is 37.1 Å². The molecule has 3 aromatic rings. The summed E-state index contributed by atoms with van der Waals surface area (Å²) in [4.78, 5) is 11.1. The zero-order valence-electron chi connectivity index (χ0n) is 17.7. The Morgan fingerprint density at radius 2 is 1.81 bits per heavy atom. The summed E-state index contributed by atoms with van der Waals surface area (Å²) in [5.41, 5.74) is 4.62. The first kappa shape index (κ1) is 22.0. The van der Waals surface area contributed by atoms with Crippen LogP contribution in [-0.2, 0) is 21.2 Å². The van der Waals surface area contributed by atoms with Gasteiger partial charge in [-0.1, -0.05) is 54.1 Å². The number of hydrogen-bond acceptors (Lipinski definition) is 4. The van der Waals surface area contributed by atoms with Gasteiger partial charge in [0, 0.05) is 6.04 Å². The maximum Gasteiger partial charge on any atom is 0.341 e. The van der Waals surface area contributed by atoms with Gasteiger partial charge in [0.1, 0.15) is 5.75 Å². The first-order valence-corrected chi connectivity index (χ1v) is 12.0. The van der Waals surface area contributed by atoms with E-state index in [4.69, 9.17) is 9.84 Å². The standard InChI is InChI=1S/C25H25NO5S/c1-17-11-13-18(14-12-17)19-5-2-6-20(15-19)32(29,30)26-23-9-3-8-22-21(23)7-4-10-24(22)31-16-25(27)28/h2,4-7,10-15,23,26H,3,8-9,16H2,1H3,(H,27,28)/t23-/m1/s1. The minimum atomic E-state index is -3.76. The van der Waals surface area contributed by atoms with Crippen LogP contribution in [0, 0.1) is 6.92 Å². The third kappa shape index (κ3) is 4.84. The number of nitrogens with one attached hydrogen (secondary N) is 1. The number of aliphatic carboxylic acids is 1. The lowest BCUT2D eigenvalue weighted by Crippen LogP contribution is -2.31. The fraction of sp³-hybridized carbons (Fsp3) is 0.240. The third-order valence-corrected chi connectivity index (χ3v) is 7.11. The number of hydrogen-bond donors (Lipinski definition) is 2. The SMILES string of the molecule is Cc1ccc(-c2cccc(S(=O)(=O)N[C@@H]3CCCc4c(OCC(=O)O)cccc43)c2)cc1. The van der Waals surface area contributed by atoms with Crippen LogP contribution >= 0.6 is 0 Å².